The highest BCUT2D eigenvalue weighted by atomic mass is 16.6. The lowest BCUT2D eigenvalue weighted by Crippen LogP contribution is -2.45. The summed E-state index contributed by atoms with van der Waals surface area (Å²) in [5.41, 5.74) is 6.58. The summed E-state index contributed by atoms with van der Waals surface area (Å²) >= 11 is 0. The number of nitrogens with two attached hydrogens (primary N) is 1. The van der Waals surface area contributed by atoms with Gasteiger partial charge in [-0.1, -0.05) is 18.2 Å². The minimum absolute atomic E-state index is 0.00134. The number of fused-ring (bicyclic) bond motifs is 1. The fraction of sp³-hybridized carbons (Fsp3) is 0.455. The molecule has 0 unspecified atom stereocenters. The Hall–Kier alpha value is -2.80. The van der Waals surface area contributed by atoms with E-state index in [-0.39, 0.29) is 18.4 Å². The average Bonchev–Trinajstić information content (AvgIpc) is 2.75. The lowest BCUT2D eigenvalue weighted by atomic mass is 9.96. The van der Waals surface area contributed by atoms with E-state index in [2.05, 4.69) is 15.2 Å². The number of nitrogens with one attached hydrogen (secondary N) is 1. The third-order valence-corrected chi connectivity index (χ3v) is 5.60. The number of aromatic nitrogens is 1. The van der Waals surface area contributed by atoms with Crippen molar-refractivity contribution in [3.63, 3.8) is 0 Å². The lowest BCUT2D eigenvalue weighted by molar-refractivity contribution is -0.120. The zero-order valence-electron chi connectivity index (χ0n) is 16.5. The van der Waals surface area contributed by atoms with E-state index in [1.54, 1.807) is 12.3 Å². The van der Waals surface area contributed by atoms with E-state index in [1.165, 1.54) is 0 Å². The highest BCUT2D eigenvalue weighted by molar-refractivity contribution is 5.79. The van der Waals surface area contributed by atoms with E-state index in [4.69, 9.17) is 15.2 Å². The molecule has 154 valence electrons. The molecule has 1 aromatic heterocycles. The summed E-state index contributed by atoms with van der Waals surface area (Å²) in [6.45, 7) is 4.19. The first-order valence-corrected chi connectivity index (χ1v) is 10.2. The Labute approximate surface area is 171 Å². The summed E-state index contributed by atoms with van der Waals surface area (Å²) in [6.07, 6.45) is 4.11. The normalized spacial score (nSPS) is 19.7. The lowest BCUT2D eigenvalue weighted by Gasteiger charge is -2.35. The molecule has 0 spiro atoms. The second-order valence-electron chi connectivity index (χ2n) is 7.77. The van der Waals surface area contributed by atoms with Crippen molar-refractivity contribution in [2.75, 3.05) is 38.5 Å². The van der Waals surface area contributed by atoms with E-state index < -0.39 is 0 Å². The Kier molecular flexibility index (Phi) is 6.14. The molecule has 0 bridgehead atoms. The molecular formula is C22H28N4O3. The van der Waals surface area contributed by atoms with Crippen molar-refractivity contribution in [1.29, 1.82) is 0 Å². The number of para-hydroxylation sites is 2. The Morgan fingerprint density at radius 2 is 1.97 bits per heavy atom. The summed E-state index contributed by atoms with van der Waals surface area (Å²) in [5.74, 6) is 2.58. The number of carbonyl (C=O) groups is 1. The van der Waals surface area contributed by atoms with Crippen LogP contribution in [0.3, 0.4) is 0 Å². The number of nitrogen functional groups attached to an aromatic ring is 1. The van der Waals surface area contributed by atoms with Gasteiger partial charge in [0.15, 0.2) is 11.5 Å². The van der Waals surface area contributed by atoms with E-state index in [0.29, 0.717) is 24.9 Å². The van der Waals surface area contributed by atoms with Crippen LogP contribution in [-0.4, -0.2) is 54.7 Å². The molecule has 0 aliphatic carbocycles. The monoisotopic (exact) mass is 396 g/mol. The Balaban J connectivity index is 1.16. The van der Waals surface area contributed by atoms with Crippen LogP contribution in [0.15, 0.2) is 42.6 Å². The van der Waals surface area contributed by atoms with Crippen molar-refractivity contribution < 1.29 is 14.3 Å². The summed E-state index contributed by atoms with van der Waals surface area (Å²) in [6, 6.07) is 11.5. The van der Waals surface area contributed by atoms with Crippen LogP contribution in [0.1, 0.15) is 18.4 Å². The minimum atomic E-state index is -0.00134. The van der Waals surface area contributed by atoms with Gasteiger partial charge in [0.2, 0.25) is 5.91 Å². The molecule has 7 heteroatoms. The maximum absolute atomic E-state index is 12.2. The number of ether oxygens (including phenoxy) is 2. The second kappa shape index (κ2) is 9.13. The van der Waals surface area contributed by atoms with Crippen molar-refractivity contribution in [3.05, 3.63) is 48.2 Å². The first-order valence-electron chi connectivity index (χ1n) is 10.2. The van der Waals surface area contributed by atoms with Crippen molar-refractivity contribution in [3.8, 4) is 11.5 Å². The van der Waals surface area contributed by atoms with Gasteiger partial charge in [-0.15, -0.1) is 0 Å². The largest absolute Gasteiger partial charge is 0.486 e. The van der Waals surface area contributed by atoms with Crippen molar-refractivity contribution in [2.45, 2.75) is 25.4 Å². The van der Waals surface area contributed by atoms with Crippen LogP contribution in [0.4, 0.5) is 5.82 Å². The van der Waals surface area contributed by atoms with Crippen LogP contribution in [-0.2, 0) is 11.2 Å². The summed E-state index contributed by atoms with van der Waals surface area (Å²) in [5, 5.41) is 3.05. The molecule has 3 heterocycles. The van der Waals surface area contributed by atoms with Crippen molar-refractivity contribution >= 4 is 11.7 Å². The summed E-state index contributed by atoms with van der Waals surface area (Å²) < 4.78 is 11.9. The van der Waals surface area contributed by atoms with Crippen LogP contribution < -0.4 is 20.5 Å². The first kappa shape index (κ1) is 19.5. The molecule has 0 saturated carbocycles. The summed E-state index contributed by atoms with van der Waals surface area (Å²) in [4.78, 5) is 18.7. The second-order valence-corrected chi connectivity index (χ2v) is 7.77. The van der Waals surface area contributed by atoms with Gasteiger partial charge in [-0.05, 0) is 50.0 Å². The molecule has 1 saturated heterocycles. The number of pyridine rings is 1. The SMILES string of the molecule is Nc1ncccc1CC(=O)NCC1CCN(C[C@H]2COc3ccccc3O2)CC1. The molecule has 1 fully saturated rings. The van der Waals surface area contributed by atoms with Gasteiger partial charge < -0.3 is 20.5 Å². The molecule has 1 amide bonds. The Bertz CT molecular complexity index is 836. The topological polar surface area (TPSA) is 89.7 Å². The maximum Gasteiger partial charge on any atom is 0.224 e. The molecule has 0 radical (unpaired) electrons. The molecule has 2 aromatic rings. The van der Waals surface area contributed by atoms with Crippen molar-refractivity contribution in [2.24, 2.45) is 5.92 Å². The number of likely N-dealkylation sites (tertiary alicyclic amines) is 1. The molecule has 3 N–H and O–H groups in total. The smallest absolute Gasteiger partial charge is 0.224 e. The number of piperidine rings is 1. The van der Waals surface area contributed by atoms with Gasteiger partial charge in [0.1, 0.15) is 18.5 Å². The van der Waals surface area contributed by atoms with Crippen LogP contribution in [0, 0.1) is 5.92 Å². The predicted octanol–water partition coefficient (Wildman–Crippen LogP) is 1.87. The molecule has 1 atom stereocenters. The molecule has 1 aromatic carbocycles. The fourth-order valence-corrected chi connectivity index (χ4v) is 3.91. The van der Waals surface area contributed by atoms with Gasteiger partial charge in [0.05, 0.1) is 6.42 Å². The van der Waals surface area contributed by atoms with Crippen LogP contribution in [0.2, 0.25) is 0 Å². The zero-order valence-corrected chi connectivity index (χ0v) is 16.5. The third-order valence-electron chi connectivity index (χ3n) is 5.60. The molecular weight excluding hydrogens is 368 g/mol. The van der Waals surface area contributed by atoms with E-state index in [9.17, 15) is 4.79 Å². The number of amides is 1. The molecule has 2 aliphatic heterocycles. The number of benzene rings is 1. The number of hydrogen-bond acceptors (Lipinski definition) is 6. The van der Waals surface area contributed by atoms with E-state index in [0.717, 1.165) is 49.5 Å². The van der Waals surface area contributed by atoms with E-state index >= 15 is 0 Å². The molecule has 4 rings (SSSR count). The van der Waals surface area contributed by atoms with Gasteiger partial charge in [-0.25, -0.2) is 4.98 Å². The number of hydrogen-bond donors (Lipinski definition) is 2. The Morgan fingerprint density at radius 1 is 1.17 bits per heavy atom. The molecule has 29 heavy (non-hydrogen) atoms. The van der Waals surface area contributed by atoms with Crippen molar-refractivity contribution in [1.82, 2.24) is 15.2 Å². The number of carbonyl (C=O) groups excluding carboxylic acids is 1. The van der Waals surface area contributed by atoms with Gasteiger partial charge in [0, 0.05) is 24.8 Å². The van der Waals surface area contributed by atoms with Crippen LogP contribution in [0.5, 0.6) is 11.5 Å². The van der Waals surface area contributed by atoms with Gasteiger partial charge >= 0.3 is 0 Å². The third kappa shape index (κ3) is 5.17. The zero-order chi connectivity index (χ0) is 20.1. The van der Waals surface area contributed by atoms with Gasteiger partial charge in [0.25, 0.3) is 0 Å². The average molecular weight is 396 g/mol. The summed E-state index contributed by atoms with van der Waals surface area (Å²) in [7, 11) is 0. The van der Waals surface area contributed by atoms with Gasteiger partial charge in [-0.3, -0.25) is 9.69 Å². The first-order chi connectivity index (χ1) is 14.2. The van der Waals surface area contributed by atoms with Crippen LogP contribution >= 0.6 is 0 Å². The van der Waals surface area contributed by atoms with Crippen LogP contribution in [0.25, 0.3) is 0 Å². The highest BCUT2D eigenvalue weighted by Crippen LogP contribution is 2.31. The van der Waals surface area contributed by atoms with Gasteiger partial charge in [-0.2, -0.15) is 0 Å². The fourth-order valence-electron chi connectivity index (χ4n) is 3.91. The molecule has 7 nitrogen and oxygen atoms in total. The number of rotatable bonds is 6. The Morgan fingerprint density at radius 3 is 2.76 bits per heavy atom. The standard InChI is InChI=1S/C22H28N4O3/c23-22-17(4-3-9-24-22)12-21(27)25-13-16-7-10-26(11-8-16)14-18-15-28-19-5-1-2-6-20(19)29-18/h1-6,9,16,18H,7-8,10-15H2,(H2,23,24)(H,25,27)/t18-/m0/s1. The van der Waals surface area contributed by atoms with E-state index in [1.807, 2.05) is 30.3 Å². The number of nitrogens with zero attached hydrogens (tertiary/aromatic N) is 2. The minimum Gasteiger partial charge on any atom is -0.486 e. The predicted molar refractivity (Wildman–Crippen MR) is 111 cm³/mol. The maximum atomic E-state index is 12.2. The quantitative estimate of drug-likeness (QED) is 0.775. The number of anilines is 1. The molecule has 2 aliphatic rings. The highest BCUT2D eigenvalue weighted by Gasteiger charge is 2.26.